The summed E-state index contributed by atoms with van der Waals surface area (Å²) in [4.78, 5) is 25.0. The first kappa shape index (κ1) is 17.9. The number of carbonyl (C=O) groups excluding carboxylic acids is 2. The first-order valence-electron chi connectivity index (χ1n) is 8.86. The normalized spacial score (nSPS) is 30.5. The molecule has 0 aromatic heterocycles. The molecule has 1 aromatic rings. The maximum Gasteiger partial charge on any atom is 0.222 e. The van der Waals surface area contributed by atoms with Gasteiger partial charge < -0.3 is 20.4 Å². The number of β-amino-alcohol motifs (C(OH)–C–C–N with tert-alkyl or cyclic N) is 1. The van der Waals surface area contributed by atoms with Crippen LogP contribution in [0.4, 0.5) is 0 Å². The molecule has 2 aliphatic rings. The van der Waals surface area contributed by atoms with E-state index >= 15 is 0 Å². The molecule has 0 unspecified atom stereocenters. The van der Waals surface area contributed by atoms with Gasteiger partial charge in [0.05, 0.1) is 6.10 Å². The van der Waals surface area contributed by atoms with Gasteiger partial charge in [-0.1, -0.05) is 30.3 Å². The zero-order valence-corrected chi connectivity index (χ0v) is 14.5. The molecule has 0 bridgehead atoms. The van der Waals surface area contributed by atoms with Crippen molar-refractivity contribution < 1.29 is 19.8 Å². The fourth-order valence-electron chi connectivity index (χ4n) is 4.42. The molecule has 6 heteroatoms. The third-order valence-electron chi connectivity index (χ3n) is 5.69. The summed E-state index contributed by atoms with van der Waals surface area (Å²) in [7, 11) is 0. The predicted octanol–water partition coefficient (Wildman–Crippen LogP) is 0.498. The summed E-state index contributed by atoms with van der Waals surface area (Å²) in [5.41, 5.74) is 0.684. The Morgan fingerprint density at radius 3 is 2.68 bits per heavy atom. The molecule has 1 spiro atoms. The average molecular weight is 346 g/mol. The molecule has 25 heavy (non-hydrogen) atoms. The van der Waals surface area contributed by atoms with E-state index in [0.29, 0.717) is 32.5 Å². The third kappa shape index (κ3) is 3.28. The third-order valence-corrected chi connectivity index (χ3v) is 5.69. The molecular formula is C19H26N2O4. The number of likely N-dealkylation sites (tertiary alicyclic amines) is 1. The van der Waals surface area contributed by atoms with Gasteiger partial charge in [-0.15, -0.1) is 0 Å². The van der Waals surface area contributed by atoms with Crippen LogP contribution in [-0.2, 0) is 9.59 Å². The van der Waals surface area contributed by atoms with Crippen molar-refractivity contribution in [2.75, 3.05) is 26.2 Å². The molecule has 1 saturated heterocycles. The maximum atomic E-state index is 12.4. The number of aliphatic hydroxyl groups is 2. The van der Waals surface area contributed by atoms with Gasteiger partial charge in [-0.05, 0) is 23.8 Å². The summed E-state index contributed by atoms with van der Waals surface area (Å²) in [6, 6.07) is 9.91. The molecule has 1 aromatic carbocycles. The Hall–Kier alpha value is -1.92. The molecule has 3 rings (SSSR count). The van der Waals surface area contributed by atoms with Gasteiger partial charge in [0.2, 0.25) is 11.8 Å². The van der Waals surface area contributed by atoms with Crippen LogP contribution in [0.1, 0.15) is 31.2 Å². The van der Waals surface area contributed by atoms with Gasteiger partial charge in [-0.25, -0.2) is 0 Å². The Bertz CT molecular complexity index is 636. The van der Waals surface area contributed by atoms with Gasteiger partial charge >= 0.3 is 0 Å². The molecule has 136 valence electrons. The van der Waals surface area contributed by atoms with Crippen molar-refractivity contribution in [2.45, 2.75) is 31.8 Å². The van der Waals surface area contributed by atoms with Crippen LogP contribution in [0.15, 0.2) is 30.3 Å². The Kier molecular flexibility index (Phi) is 5.11. The number of rotatable bonds is 6. The van der Waals surface area contributed by atoms with Crippen molar-refractivity contribution in [3.63, 3.8) is 0 Å². The van der Waals surface area contributed by atoms with Crippen LogP contribution in [0.25, 0.3) is 0 Å². The van der Waals surface area contributed by atoms with Gasteiger partial charge in [0.1, 0.15) is 0 Å². The monoisotopic (exact) mass is 346 g/mol. The summed E-state index contributed by atoms with van der Waals surface area (Å²) in [6.07, 6.45) is 0.320. The van der Waals surface area contributed by atoms with Crippen LogP contribution < -0.4 is 5.32 Å². The molecular weight excluding hydrogens is 320 g/mol. The second-order valence-electron chi connectivity index (χ2n) is 7.17. The van der Waals surface area contributed by atoms with Crippen LogP contribution in [-0.4, -0.2) is 59.3 Å². The van der Waals surface area contributed by atoms with Crippen LogP contribution >= 0.6 is 0 Å². The molecule has 2 amide bonds. The van der Waals surface area contributed by atoms with Gasteiger partial charge in [0, 0.05) is 45.0 Å². The molecule has 0 radical (unpaired) electrons. The highest BCUT2D eigenvalue weighted by Gasteiger charge is 2.71. The molecule has 6 nitrogen and oxygen atoms in total. The Labute approximate surface area is 147 Å². The lowest BCUT2D eigenvalue weighted by atomic mass is 9.95. The van der Waals surface area contributed by atoms with E-state index in [1.54, 1.807) is 4.90 Å². The fourth-order valence-corrected chi connectivity index (χ4v) is 4.42. The van der Waals surface area contributed by atoms with Crippen molar-refractivity contribution in [2.24, 2.45) is 11.3 Å². The lowest BCUT2D eigenvalue weighted by Gasteiger charge is -2.17. The molecule has 2 fully saturated rings. The zero-order chi connectivity index (χ0) is 18.0. The SMILES string of the molecule is CC(=O)NCCCC(=O)N1C[C@H](O)[C@@]2(C1)[C@H](CO)[C@H]2c1ccccc1. The second-order valence-corrected chi connectivity index (χ2v) is 7.17. The summed E-state index contributed by atoms with van der Waals surface area (Å²) < 4.78 is 0. The van der Waals surface area contributed by atoms with Crippen molar-refractivity contribution in [3.8, 4) is 0 Å². The second kappa shape index (κ2) is 7.14. The number of aliphatic hydroxyl groups excluding tert-OH is 2. The number of hydrogen-bond acceptors (Lipinski definition) is 4. The van der Waals surface area contributed by atoms with E-state index in [1.807, 2.05) is 30.3 Å². The van der Waals surface area contributed by atoms with E-state index < -0.39 is 11.5 Å². The lowest BCUT2D eigenvalue weighted by Crippen LogP contribution is -2.30. The summed E-state index contributed by atoms with van der Waals surface area (Å²) >= 11 is 0. The maximum absolute atomic E-state index is 12.4. The van der Waals surface area contributed by atoms with Crippen LogP contribution in [0, 0.1) is 11.3 Å². The van der Waals surface area contributed by atoms with Crippen molar-refractivity contribution in [1.29, 1.82) is 0 Å². The summed E-state index contributed by atoms with van der Waals surface area (Å²) in [5.74, 6) is -0.0258. The van der Waals surface area contributed by atoms with E-state index in [4.69, 9.17) is 0 Å². The molecule has 1 aliphatic carbocycles. The van der Waals surface area contributed by atoms with Crippen molar-refractivity contribution >= 4 is 11.8 Å². The number of hydrogen-bond donors (Lipinski definition) is 3. The fraction of sp³-hybridized carbons (Fsp3) is 0.579. The molecule has 1 saturated carbocycles. The van der Waals surface area contributed by atoms with Crippen LogP contribution in [0.2, 0.25) is 0 Å². The first-order valence-corrected chi connectivity index (χ1v) is 8.86. The number of benzene rings is 1. The predicted molar refractivity (Wildman–Crippen MR) is 92.7 cm³/mol. The standard InChI is InChI=1S/C19H26N2O4/c1-13(23)20-9-5-8-17(25)21-10-16(24)19(12-21)15(11-22)18(19)14-6-3-2-4-7-14/h2-4,6-7,15-16,18,22,24H,5,8-12H2,1H3,(H,20,23)/t15-,16+,18-,19-/m1/s1. The Morgan fingerprint density at radius 2 is 2.04 bits per heavy atom. The van der Waals surface area contributed by atoms with Crippen molar-refractivity contribution in [1.82, 2.24) is 10.2 Å². The van der Waals surface area contributed by atoms with E-state index in [-0.39, 0.29) is 30.3 Å². The Balaban J connectivity index is 1.63. The minimum absolute atomic E-state index is 0.00308. The first-order chi connectivity index (χ1) is 12.0. The van der Waals surface area contributed by atoms with Crippen LogP contribution in [0.5, 0.6) is 0 Å². The molecule has 3 N–H and O–H groups in total. The smallest absolute Gasteiger partial charge is 0.222 e. The zero-order valence-electron chi connectivity index (χ0n) is 14.5. The average Bonchev–Trinajstić information content (AvgIpc) is 3.13. The van der Waals surface area contributed by atoms with E-state index in [1.165, 1.54) is 6.92 Å². The number of nitrogens with zero attached hydrogens (tertiary/aromatic N) is 1. The number of amides is 2. The highest BCUT2D eigenvalue weighted by Crippen LogP contribution is 2.68. The van der Waals surface area contributed by atoms with E-state index in [0.717, 1.165) is 5.56 Å². The molecule has 1 heterocycles. The largest absolute Gasteiger partial charge is 0.396 e. The van der Waals surface area contributed by atoms with E-state index in [9.17, 15) is 19.8 Å². The highest BCUT2D eigenvalue weighted by molar-refractivity contribution is 5.77. The molecule has 1 aliphatic heterocycles. The number of nitrogens with one attached hydrogen (secondary N) is 1. The topological polar surface area (TPSA) is 89.9 Å². The van der Waals surface area contributed by atoms with Crippen LogP contribution in [0.3, 0.4) is 0 Å². The van der Waals surface area contributed by atoms with Gasteiger partial charge in [-0.3, -0.25) is 9.59 Å². The van der Waals surface area contributed by atoms with E-state index in [2.05, 4.69) is 5.32 Å². The van der Waals surface area contributed by atoms with Gasteiger partial charge in [0.25, 0.3) is 0 Å². The minimum Gasteiger partial charge on any atom is -0.396 e. The van der Waals surface area contributed by atoms with Gasteiger partial charge in [0.15, 0.2) is 0 Å². The quantitative estimate of drug-likeness (QED) is 0.654. The summed E-state index contributed by atoms with van der Waals surface area (Å²) in [5, 5.41) is 23.1. The number of carbonyl (C=O) groups is 2. The van der Waals surface area contributed by atoms with Gasteiger partial charge in [-0.2, -0.15) is 0 Å². The molecule has 4 atom stereocenters. The minimum atomic E-state index is -0.617. The summed E-state index contributed by atoms with van der Waals surface area (Å²) in [6.45, 7) is 2.75. The van der Waals surface area contributed by atoms with Crippen molar-refractivity contribution in [3.05, 3.63) is 35.9 Å². The lowest BCUT2D eigenvalue weighted by molar-refractivity contribution is -0.131. The Morgan fingerprint density at radius 1 is 1.32 bits per heavy atom. The highest BCUT2D eigenvalue weighted by atomic mass is 16.3.